The molecule has 0 saturated heterocycles. The topological polar surface area (TPSA) is 68.3 Å². The van der Waals surface area contributed by atoms with Crippen molar-refractivity contribution >= 4 is 34.2 Å². The van der Waals surface area contributed by atoms with Crippen LogP contribution < -0.4 is 0 Å². The monoisotopic (exact) mass is 378 g/mol. The molecule has 0 radical (unpaired) electrons. The molecule has 4 nitrogen and oxygen atoms in total. The fraction of sp³-hybridized carbons (Fsp3) is 0.889. The molecule has 0 rings (SSSR count). The fourth-order valence-electron chi connectivity index (χ4n) is 2.32. The van der Waals surface area contributed by atoms with Gasteiger partial charge in [-0.25, -0.2) is 0 Å². The molecule has 0 aliphatic heterocycles. The highest BCUT2D eigenvalue weighted by Gasteiger charge is 2.20. The minimum atomic E-state index is -0.950. The molecule has 0 heterocycles. The maximum atomic E-state index is 12.1. The van der Waals surface area contributed by atoms with Crippen LogP contribution >= 0.6 is 0 Å². The molecule has 0 aliphatic rings. The molecular weight excluding hydrogens is 344 g/mol. The van der Waals surface area contributed by atoms with Crippen molar-refractivity contribution < 1.29 is 18.0 Å². The number of carbonyl (C=O) groups is 2. The summed E-state index contributed by atoms with van der Waals surface area (Å²) in [7, 11) is -1.90. The van der Waals surface area contributed by atoms with Gasteiger partial charge >= 0.3 is 0 Å². The summed E-state index contributed by atoms with van der Waals surface area (Å²) in [4.78, 5) is 20.9. The summed E-state index contributed by atoms with van der Waals surface area (Å²) in [5.74, 6) is 2.16. The van der Waals surface area contributed by atoms with Crippen LogP contribution in [0, 0.1) is 10.8 Å². The molecule has 2 unspecified atom stereocenters. The van der Waals surface area contributed by atoms with Crippen LogP contribution in [0.25, 0.3) is 0 Å². The lowest BCUT2D eigenvalue weighted by atomic mass is 9.85. The Morgan fingerprint density at radius 2 is 0.958 bits per heavy atom. The van der Waals surface area contributed by atoms with E-state index in [0.29, 0.717) is 35.9 Å². The zero-order valence-electron chi connectivity index (χ0n) is 15.7. The first-order chi connectivity index (χ1) is 11.1. The molecule has 0 aromatic rings. The smallest absolute Gasteiger partial charge is 0.120 e. The third-order valence-electron chi connectivity index (χ3n) is 4.43. The molecular formula is C18H34O4S2. The van der Waals surface area contributed by atoms with Crippen LogP contribution in [0.2, 0.25) is 0 Å². The summed E-state index contributed by atoms with van der Waals surface area (Å²) in [6.07, 6.45) is 6.21. The van der Waals surface area contributed by atoms with Gasteiger partial charge < -0.3 is 9.59 Å². The Balaban J connectivity index is 3.99. The van der Waals surface area contributed by atoms with Crippen molar-refractivity contribution in [3.05, 3.63) is 0 Å². The Morgan fingerprint density at radius 3 is 1.25 bits per heavy atom. The van der Waals surface area contributed by atoms with E-state index in [1.807, 2.05) is 0 Å². The van der Waals surface area contributed by atoms with Crippen LogP contribution in [0.5, 0.6) is 0 Å². The molecule has 0 aromatic carbocycles. The van der Waals surface area contributed by atoms with Crippen LogP contribution in [0.15, 0.2) is 0 Å². The van der Waals surface area contributed by atoms with Gasteiger partial charge in [0.2, 0.25) is 0 Å². The largest absolute Gasteiger partial charge is 0.303 e. The van der Waals surface area contributed by atoms with Crippen LogP contribution in [0.4, 0.5) is 0 Å². The van der Waals surface area contributed by atoms with Gasteiger partial charge in [-0.15, -0.1) is 0 Å². The highest BCUT2D eigenvalue weighted by atomic mass is 32.2. The van der Waals surface area contributed by atoms with E-state index in [9.17, 15) is 18.0 Å². The third-order valence-corrected chi connectivity index (χ3v) is 7.33. The van der Waals surface area contributed by atoms with Gasteiger partial charge in [-0.1, -0.05) is 27.7 Å². The molecule has 6 heteroatoms. The molecule has 0 saturated carbocycles. The highest BCUT2D eigenvalue weighted by molar-refractivity contribution is 7.88. The van der Waals surface area contributed by atoms with E-state index in [1.165, 1.54) is 0 Å². The van der Waals surface area contributed by atoms with Gasteiger partial charge in [-0.2, -0.15) is 0 Å². The molecule has 0 aromatic heterocycles. The van der Waals surface area contributed by atoms with Gasteiger partial charge in [0.25, 0.3) is 0 Å². The maximum Gasteiger partial charge on any atom is 0.120 e. The van der Waals surface area contributed by atoms with Gasteiger partial charge in [-0.3, -0.25) is 8.42 Å². The van der Waals surface area contributed by atoms with Gasteiger partial charge in [-0.05, 0) is 36.5 Å². The van der Waals surface area contributed by atoms with Gasteiger partial charge in [0.15, 0.2) is 0 Å². The number of hydrogen-bond acceptors (Lipinski definition) is 4. The van der Waals surface area contributed by atoms with E-state index in [-0.39, 0.29) is 10.8 Å². The molecule has 0 spiro atoms. The highest BCUT2D eigenvalue weighted by Crippen LogP contribution is 2.27. The fourth-order valence-corrected chi connectivity index (χ4v) is 5.78. The van der Waals surface area contributed by atoms with Crippen molar-refractivity contribution in [1.82, 2.24) is 0 Å². The third kappa shape index (κ3) is 13.0. The lowest BCUT2D eigenvalue weighted by molar-refractivity contribution is -0.109. The zero-order chi connectivity index (χ0) is 18.6. The molecule has 0 bridgehead atoms. The summed E-state index contributed by atoms with van der Waals surface area (Å²) >= 11 is 0. The predicted molar refractivity (Wildman–Crippen MR) is 103 cm³/mol. The standard InChI is InChI=1S/C18H34O4S2/c1-17(2,7-5-11-19)9-13-23(21)15-16-24(22)14-10-18(3,4)8-6-12-20/h11-12H,5-10,13-16H2,1-4H3. The summed E-state index contributed by atoms with van der Waals surface area (Å²) in [5, 5.41) is 0. The van der Waals surface area contributed by atoms with E-state index in [0.717, 1.165) is 38.3 Å². The minimum absolute atomic E-state index is 0.0261. The Bertz CT molecular complexity index is 391. The van der Waals surface area contributed by atoms with Crippen LogP contribution in [0.1, 0.15) is 66.2 Å². The van der Waals surface area contributed by atoms with Crippen molar-refractivity contribution in [3.63, 3.8) is 0 Å². The van der Waals surface area contributed by atoms with Crippen molar-refractivity contribution in [2.75, 3.05) is 23.0 Å². The van der Waals surface area contributed by atoms with Crippen molar-refractivity contribution in [1.29, 1.82) is 0 Å². The quantitative estimate of drug-likeness (QED) is 0.410. The van der Waals surface area contributed by atoms with Crippen molar-refractivity contribution in [2.24, 2.45) is 10.8 Å². The number of carbonyl (C=O) groups excluding carboxylic acids is 2. The zero-order valence-corrected chi connectivity index (χ0v) is 17.3. The maximum absolute atomic E-state index is 12.1. The van der Waals surface area contributed by atoms with Crippen molar-refractivity contribution in [2.45, 2.75) is 66.2 Å². The number of aldehydes is 2. The van der Waals surface area contributed by atoms with E-state index >= 15 is 0 Å². The predicted octanol–water partition coefficient (Wildman–Crippen LogP) is 3.27. The number of rotatable bonds is 15. The first kappa shape index (κ1) is 23.6. The second-order valence-electron chi connectivity index (χ2n) is 7.94. The second kappa shape index (κ2) is 12.1. The van der Waals surface area contributed by atoms with E-state index in [2.05, 4.69) is 27.7 Å². The van der Waals surface area contributed by atoms with Gasteiger partial charge in [0.1, 0.15) is 12.6 Å². The summed E-state index contributed by atoms with van der Waals surface area (Å²) in [6, 6.07) is 0. The van der Waals surface area contributed by atoms with E-state index < -0.39 is 21.6 Å². The average molecular weight is 379 g/mol. The molecule has 0 N–H and O–H groups in total. The lowest BCUT2D eigenvalue weighted by Crippen LogP contribution is -2.20. The van der Waals surface area contributed by atoms with Crippen LogP contribution in [-0.2, 0) is 31.2 Å². The first-order valence-electron chi connectivity index (χ1n) is 8.69. The molecule has 24 heavy (non-hydrogen) atoms. The van der Waals surface area contributed by atoms with Gasteiger partial charge in [0, 0.05) is 57.5 Å². The molecule has 0 fully saturated rings. The minimum Gasteiger partial charge on any atom is -0.303 e. The normalized spacial score (nSPS) is 15.0. The van der Waals surface area contributed by atoms with Crippen LogP contribution in [-0.4, -0.2) is 44.0 Å². The molecule has 142 valence electrons. The van der Waals surface area contributed by atoms with Crippen LogP contribution in [0.3, 0.4) is 0 Å². The van der Waals surface area contributed by atoms with E-state index in [4.69, 9.17) is 0 Å². The van der Waals surface area contributed by atoms with Gasteiger partial charge in [0.05, 0.1) is 0 Å². The number of hydrogen-bond donors (Lipinski definition) is 0. The SMILES string of the molecule is CC(C)(CCC=O)CCS(=O)CCS(=O)CCC(C)(C)CCC=O. The first-order valence-corrected chi connectivity index (χ1v) is 11.7. The Labute approximate surface area is 152 Å². The molecule has 2 atom stereocenters. The van der Waals surface area contributed by atoms with Crippen molar-refractivity contribution in [3.8, 4) is 0 Å². The molecule has 0 aliphatic carbocycles. The Kier molecular flexibility index (Phi) is 11.9. The summed E-state index contributed by atoms with van der Waals surface area (Å²) < 4.78 is 24.2. The Morgan fingerprint density at radius 1 is 0.625 bits per heavy atom. The average Bonchev–Trinajstić information content (AvgIpc) is 2.53. The Hall–Kier alpha value is -0.360. The lowest BCUT2D eigenvalue weighted by Gasteiger charge is -2.23. The summed E-state index contributed by atoms with van der Waals surface area (Å²) in [6.45, 7) is 8.36. The second-order valence-corrected chi connectivity index (χ2v) is 11.3. The van der Waals surface area contributed by atoms with E-state index in [1.54, 1.807) is 0 Å². The summed E-state index contributed by atoms with van der Waals surface area (Å²) in [5.41, 5.74) is 0.0522. The molecule has 0 amide bonds.